The number of rotatable bonds is 6. The first-order chi connectivity index (χ1) is 17.7. The minimum Gasteiger partial charge on any atom is -0.375 e. The normalized spacial score (nSPS) is 23.2. The molecule has 3 amide bonds. The van der Waals surface area contributed by atoms with Crippen LogP contribution in [0.5, 0.6) is 0 Å². The van der Waals surface area contributed by atoms with Crippen molar-refractivity contribution in [1.29, 1.82) is 0 Å². The molecule has 8 heteroatoms. The number of benzene rings is 2. The highest BCUT2D eigenvalue weighted by atomic mass is 19.1. The molecule has 0 bridgehead atoms. The molecule has 0 radical (unpaired) electrons. The number of amides is 3. The first kappa shape index (κ1) is 25.4. The van der Waals surface area contributed by atoms with Gasteiger partial charge in [0.1, 0.15) is 5.82 Å². The molecule has 3 heterocycles. The van der Waals surface area contributed by atoms with E-state index in [2.05, 4.69) is 10.2 Å². The van der Waals surface area contributed by atoms with Crippen molar-refractivity contribution in [3.63, 3.8) is 0 Å². The number of nitrogens with one attached hydrogen (secondary N) is 1. The van der Waals surface area contributed by atoms with Gasteiger partial charge >= 0.3 is 0 Å². The van der Waals surface area contributed by atoms with Crippen molar-refractivity contribution < 1.29 is 23.5 Å². The van der Waals surface area contributed by atoms with E-state index < -0.39 is 0 Å². The predicted octanol–water partition coefficient (Wildman–Crippen LogP) is 3.95. The average molecular weight is 508 g/mol. The summed E-state index contributed by atoms with van der Waals surface area (Å²) in [6, 6.07) is 11.8. The van der Waals surface area contributed by atoms with E-state index in [1.807, 2.05) is 26.0 Å². The molecule has 1 N–H and O–H groups in total. The van der Waals surface area contributed by atoms with Gasteiger partial charge in [-0.25, -0.2) is 4.39 Å². The van der Waals surface area contributed by atoms with Crippen molar-refractivity contribution >= 4 is 23.4 Å². The van der Waals surface area contributed by atoms with Crippen molar-refractivity contribution in [2.24, 2.45) is 5.92 Å². The highest BCUT2D eigenvalue weighted by molar-refractivity contribution is 6.24. The van der Waals surface area contributed by atoms with Crippen molar-refractivity contribution in [3.05, 3.63) is 65.0 Å². The molecule has 0 spiro atoms. The fraction of sp³-hybridized carbons (Fsp3) is 0.483. The van der Waals surface area contributed by atoms with Crippen molar-refractivity contribution in [1.82, 2.24) is 10.2 Å². The van der Waals surface area contributed by atoms with E-state index in [0.29, 0.717) is 67.9 Å². The Balaban J connectivity index is 1.28. The summed E-state index contributed by atoms with van der Waals surface area (Å²) in [5, 5.41) is 2.95. The number of ether oxygens (including phenoxy) is 1. The lowest BCUT2D eigenvalue weighted by Crippen LogP contribution is -2.48. The molecule has 2 aromatic carbocycles. The average Bonchev–Trinajstić information content (AvgIpc) is 3.14. The topological polar surface area (TPSA) is 79.0 Å². The summed E-state index contributed by atoms with van der Waals surface area (Å²) in [6.07, 6.45) is 3.20. The van der Waals surface area contributed by atoms with Gasteiger partial charge in [-0.15, -0.1) is 0 Å². The summed E-state index contributed by atoms with van der Waals surface area (Å²) < 4.78 is 19.7. The Labute approximate surface area is 217 Å². The summed E-state index contributed by atoms with van der Waals surface area (Å²) >= 11 is 0. The monoisotopic (exact) mass is 507 g/mol. The Morgan fingerprint density at radius 3 is 2.70 bits per heavy atom. The van der Waals surface area contributed by atoms with Crippen molar-refractivity contribution in [2.75, 3.05) is 31.1 Å². The van der Waals surface area contributed by atoms with Gasteiger partial charge in [-0.05, 0) is 69.7 Å². The zero-order valence-electron chi connectivity index (χ0n) is 21.5. The van der Waals surface area contributed by atoms with Gasteiger partial charge in [-0.2, -0.15) is 0 Å². The van der Waals surface area contributed by atoms with Crippen LogP contribution in [0.15, 0.2) is 42.5 Å². The number of piperidine rings is 1. The van der Waals surface area contributed by atoms with E-state index >= 15 is 0 Å². The molecule has 3 aliphatic heterocycles. The number of carbonyl (C=O) groups excluding carboxylic acids is 3. The van der Waals surface area contributed by atoms with Gasteiger partial charge in [0.05, 0.1) is 28.3 Å². The Kier molecular flexibility index (Phi) is 7.03. The van der Waals surface area contributed by atoms with Crippen LogP contribution in [0.4, 0.5) is 10.1 Å². The Bertz CT molecular complexity index is 1210. The van der Waals surface area contributed by atoms with Crippen molar-refractivity contribution in [2.45, 2.75) is 57.6 Å². The zero-order chi connectivity index (χ0) is 26.2. The number of anilines is 1. The van der Waals surface area contributed by atoms with Gasteiger partial charge in [-0.3, -0.25) is 19.3 Å². The maximum absolute atomic E-state index is 13.9. The van der Waals surface area contributed by atoms with Crippen LogP contribution >= 0.6 is 0 Å². The van der Waals surface area contributed by atoms with Gasteiger partial charge < -0.3 is 15.0 Å². The molecule has 0 aromatic heterocycles. The quantitative estimate of drug-likeness (QED) is 0.599. The van der Waals surface area contributed by atoms with Crippen LogP contribution in [0.3, 0.4) is 0 Å². The van der Waals surface area contributed by atoms with E-state index in [4.69, 9.17) is 4.74 Å². The molecule has 7 nitrogen and oxygen atoms in total. The molecular formula is C29H34FN3O4. The van der Waals surface area contributed by atoms with Crippen LogP contribution < -0.4 is 10.2 Å². The van der Waals surface area contributed by atoms with E-state index in [1.165, 1.54) is 11.0 Å². The van der Waals surface area contributed by atoms with Gasteiger partial charge in [0.25, 0.3) is 11.8 Å². The van der Waals surface area contributed by atoms with Crippen LogP contribution in [0.25, 0.3) is 0 Å². The largest absolute Gasteiger partial charge is 0.375 e. The highest BCUT2D eigenvalue weighted by Crippen LogP contribution is 2.38. The molecule has 37 heavy (non-hydrogen) atoms. The number of nitrogens with zero attached hydrogens (tertiary/aromatic N) is 2. The Morgan fingerprint density at radius 2 is 1.92 bits per heavy atom. The minimum atomic E-state index is -0.388. The number of carbonyl (C=O) groups is 3. The minimum absolute atomic E-state index is 0.0675. The van der Waals surface area contributed by atoms with Crippen LogP contribution in [0, 0.1) is 11.7 Å². The predicted molar refractivity (Wildman–Crippen MR) is 138 cm³/mol. The first-order valence-electron chi connectivity index (χ1n) is 13.2. The van der Waals surface area contributed by atoms with E-state index in [0.717, 1.165) is 12.8 Å². The summed E-state index contributed by atoms with van der Waals surface area (Å²) in [5.74, 6) is -1.08. The standard InChI is InChI=1S/C29H34FN3O4/c1-29(2)17-21(13-16-37-29)33-27(35)22-9-5-11-24(25(22)28(33)36)32-15-6-8-20(18-32)26(34)31-14-12-19-7-3-4-10-23(19)30/h3-5,7,9-11,20-21H,6,8,12-18H2,1-2H3,(H,31,34)/t20-,21+/m1/s1. The van der Waals surface area contributed by atoms with Crippen molar-refractivity contribution in [3.8, 4) is 0 Å². The molecule has 2 aromatic rings. The summed E-state index contributed by atoms with van der Waals surface area (Å²) in [6.45, 7) is 6.02. The number of hydrogen-bond acceptors (Lipinski definition) is 5. The number of imide groups is 1. The second kappa shape index (κ2) is 10.2. The van der Waals surface area contributed by atoms with Gasteiger partial charge in [0.15, 0.2) is 0 Å². The number of fused-ring (bicyclic) bond motifs is 1. The van der Waals surface area contributed by atoms with Crippen LogP contribution in [-0.4, -0.2) is 60.5 Å². The summed E-state index contributed by atoms with van der Waals surface area (Å²) in [5.41, 5.74) is 1.78. The molecule has 0 aliphatic carbocycles. The summed E-state index contributed by atoms with van der Waals surface area (Å²) in [4.78, 5) is 43.4. The number of hydrogen-bond donors (Lipinski definition) is 1. The second-order valence-corrected chi connectivity index (χ2v) is 10.9. The van der Waals surface area contributed by atoms with Crippen LogP contribution in [-0.2, 0) is 16.0 Å². The Hall–Kier alpha value is -3.26. The maximum Gasteiger partial charge on any atom is 0.263 e. The molecule has 3 aliphatic rings. The van der Waals surface area contributed by atoms with E-state index in [1.54, 1.807) is 24.3 Å². The van der Waals surface area contributed by atoms with Crippen LogP contribution in [0.1, 0.15) is 65.8 Å². The molecule has 0 saturated carbocycles. The lowest BCUT2D eigenvalue weighted by molar-refractivity contribution is -0.125. The molecule has 196 valence electrons. The van der Waals surface area contributed by atoms with Gasteiger partial charge in [-0.1, -0.05) is 24.3 Å². The zero-order valence-corrected chi connectivity index (χ0v) is 21.5. The van der Waals surface area contributed by atoms with Gasteiger partial charge in [0.2, 0.25) is 5.91 Å². The molecule has 2 atom stereocenters. The Morgan fingerprint density at radius 1 is 1.11 bits per heavy atom. The first-order valence-corrected chi connectivity index (χ1v) is 13.2. The van der Waals surface area contributed by atoms with Crippen LogP contribution in [0.2, 0.25) is 0 Å². The van der Waals surface area contributed by atoms with E-state index in [-0.39, 0.29) is 41.1 Å². The molecular weight excluding hydrogens is 473 g/mol. The lowest BCUT2D eigenvalue weighted by Gasteiger charge is -2.39. The smallest absolute Gasteiger partial charge is 0.263 e. The fourth-order valence-corrected chi connectivity index (χ4v) is 5.88. The lowest BCUT2D eigenvalue weighted by atomic mass is 9.93. The second-order valence-electron chi connectivity index (χ2n) is 10.9. The molecule has 5 rings (SSSR count). The van der Waals surface area contributed by atoms with Gasteiger partial charge in [0, 0.05) is 32.3 Å². The molecule has 2 fully saturated rings. The molecule has 2 saturated heterocycles. The fourth-order valence-electron chi connectivity index (χ4n) is 5.88. The maximum atomic E-state index is 13.9. The third-order valence-electron chi connectivity index (χ3n) is 7.74. The third kappa shape index (κ3) is 5.12. The highest BCUT2D eigenvalue weighted by Gasteiger charge is 2.45. The van der Waals surface area contributed by atoms with E-state index in [9.17, 15) is 18.8 Å². The number of halogens is 1. The molecule has 0 unspecified atom stereocenters. The third-order valence-corrected chi connectivity index (χ3v) is 7.74. The summed E-state index contributed by atoms with van der Waals surface area (Å²) in [7, 11) is 0. The SMILES string of the molecule is CC1(C)C[C@@H](N2C(=O)c3cccc(N4CCC[C@@H](C(=O)NCCc5ccccc5F)C4)c3C2=O)CCO1.